The van der Waals surface area contributed by atoms with Crippen molar-refractivity contribution in [3.63, 3.8) is 0 Å². The topological polar surface area (TPSA) is 179 Å². The Morgan fingerprint density at radius 2 is 1.71 bits per heavy atom. The molecule has 5 atom stereocenters. The van der Waals surface area contributed by atoms with Crippen LogP contribution in [0.2, 0.25) is 0 Å². The Morgan fingerprint density at radius 1 is 1.06 bits per heavy atom. The standard InChI is InChI=1S/C20H34N6O5/c1-6-11(4)15(21)18(28)24-12(5)17(27)26-16(10(2)3)19(29)25-14(20(30)31)7-13-8-22-9-23-13/h8-12,14-16H,6-7,21H2,1-5H3,(H,22,23)(H,24,28)(H,25,29)(H,26,27)(H,30,31). The van der Waals surface area contributed by atoms with Gasteiger partial charge in [0, 0.05) is 18.3 Å². The third kappa shape index (κ3) is 8.00. The zero-order valence-corrected chi connectivity index (χ0v) is 18.6. The monoisotopic (exact) mass is 438 g/mol. The first-order valence-electron chi connectivity index (χ1n) is 10.3. The van der Waals surface area contributed by atoms with Gasteiger partial charge in [-0.25, -0.2) is 9.78 Å². The second-order valence-corrected chi connectivity index (χ2v) is 8.05. The van der Waals surface area contributed by atoms with E-state index in [1.54, 1.807) is 13.8 Å². The van der Waals surface area contributed by atoms with Gasteiger partial charge in [0.05, 0.1) is 12.4 Å². The summed E-state index contributed by atoms with van der Waals surface area (Å²) >= 11 is 0. The van der Waals surface area contributed by atoms with Crippen molar-refractivity contribution >= 4 is 23.7 Å². The van der Waals surface area contributed by atoms with Crippen LogP contribution in [0.5, 0.6) is 0 Å². The zero-order chi connectivity index (χ0) is 23.7. The lowest BCUT2D eigenvalue weighted by atomic mass is 9.99. The molecule has 0 saturated heterocycles. The summed E-state index contributed by atoms with van der Waals surface area (Å²) in [6.45, 7) is 8.69. The minimum absolute atomic E-state index is 0.0137. The van der Waals surface area contributed by atoms with E-state index in [4.69, 9.17) is 5.73 Å². The van der Waals surface area contributed by atoms with Gasteiger partial charge in [-0.3, -0.25) is 14.4 Å². The largest absolute Gasteiger partial charge is 0.480 e. The second kappa shape index (κ2) is 12.0. The Bertz CT molecular complexity index is 751. The van der Waals surface area contributed by atoms with E-state index in [9.17, 15) is 24.3 Å². The van der Waals surface area contributed by atoms with Gasteiger partial charge in [0.2, 0.25) is 17.7 Å². The van der Waals surface area contributed by atoms with Gasteiger partial charge in [-0.15, -0.1) is 0 Å². The number of hydrogen-bond acceptors (Lipinski definition) is 6. The van der Waals surface area contributed by atoms with Crippen LogP contribution in [0, 0.1) is 11.8 Å². The summed E-state index contributed by atoms with van der Waals surface area (Å²) in [5.74, 6) is -3.24. The molecule has 1 aromatic rings. The van der Waals surface area contributed by atoms with Crippen LogP contribution in [0.25, 0.3) is 0 Å². The van der Waals surface area contributed by atoms with Gasteiger partial charge in [0.15, 0.2) is 0 Å². The molecule has 5 unspecified atom stereocenters. The van der Waals surface area contributed by atoms with Crippen LogP contribution in [-0.4, -0.2) is 62.9 Å². The lowest BCUT2D eigenvalue weighted by Crippen LogP contribution is -2.58. The van der Waals surface area contributed by atoms with Crippen molar-refractivity contribution in [3.05, 3.63) is 18.2 Å². The average Bonchev–Trinajstić information content (AvgIpc) is 3.22. The fourth-order valence-corrected chi connectivity index (χ4v) is 2.78. The van der Waals surface area contributed by atoms with Crippen LogP contribution in [0.1, 0.15) is 46.7 Å². The maximum Gasteiger partial charge on any atom is 0.326 e. The summed E-state index contributed by atoms with van der Waals surface area (Å²) in [6, 6.07) is -3.85. The van der Waals surface area contributed by atoms with E-state index < -0.39 is 47.9 Å². The number of aliphatic carboxylic acids is 1. The molecule has 1 heterocycles. The summed E-state index contributed by atoms with van der Waals surface area (Å²) in [5.41, 5.74) is 6.43. The van der Waals surface area contributed by atoms with Crippen LogP contribution >= 0.6 is 0 Å². The van der Waals surface area contributed by atoms with Crippen LogP contribution in [0.3, 0.4) is 0 Å². The first kappa shape index (κ1) is 26.1. The number of H-pyrrole nitrogens is 1. The number of nitrogens with one attached hydrogen (secondary N) is 4. The number of rotatable bonds is 12. The molecule has 11 heteroatoms. The minimum atomic E-state index is -1.21. The van der Waals surface area contributed by atoms with Crippen molar-refractivity contribution in [1.82, 2.24) is 25.9 Å². The van der Waals surface area contributed by atoms with E-state index in [-0.39, 0.29) is 18.3 Å². The molecule has 174 valence electrons. The third-order valence-corrected chi connectivity index (χ3v) is 5.15. The molecular weight excluding hydrogens is 404 g/mol. The fourth-order valence-electron chi connectivity index (χ4n) is 2.78. The van der Waals surface area contributed by atoms with E-state index in [0.717, 1.165) is 0 Å². The van der Waals surface area contributed by atoms with Crippen LogP contribution in [-0.2, 0) is 25.6 Å². The minimum Gasteiger partial charge on any atom is -0.480 e. The summed E-state index contributed by atoms with van der Waals surface area (Å²) in [7, 11) is 0. The first-order valence-corrected chi connectivity index (χ1v) is 10.3. The van der Waals surface area contributed by atoms with E-state index in [2.05, 4.69) is 25.9 Å². The highest BCUT2D eigenvalue weighted by Crippen LogP contribution is 2.07. The Morgan fingerprint density at radius 3 is 2.19 bits per heavy atom. The van der Waals surface area contributed by atoms with Crippen molar-refractivity contribution in [2.75, 3.05) is 0 Å². The fraction of sp³-hybridized carbons (Fsp3) is 0.650. The molecule has 0 fully saturated rings. The lowest BCUT2D eigenvalue weighted by molar-refractivity contribution is -0.142. The molecule has 7 N–H and O–H groups in total. The Labute approximate surface area is 181 Å². The van der Waals surface area contributed by atoms with Gasteiger partial charge in [-0.05, 0) is 18.8 Å². The Balaban J connectivity index is 2.76. The van der Waals surface area contributed by atoms with Crippen molar-refractivity contribution in [2.45, 2.75) is 71.6 Å². The second-order valence-electron chi connectivity index (χ2n) is 8.05. The molecule has 0 aliphatic heterocycles. The maximum absolute atomic E-state index is 12.7. The van der Waals surface area contributed by atoms with Crippen LogP contribution in [0.4, 0.5) is 0 Å². The highest BCUT2D eigenvalue weighted by molar-refractivity contribution is 5.94. The molecule has 1 aromatic heterocycles. The molecular formula is C20H34N6O5. The van der Waals surface area contributed by atoms with Gasteiger partial charge >= 0.3 is 5.97 Å². The molecule has 3 amide bonds. The smallest absolute Gasteiger partial charge is 0.326 e. The van der Waals surface area contributed by atoms with Gasteiger partial charge in [0.25, 0.3) is 0 Å². The quantitative estimate of drug-likeness (QED) is 0.255. The first-order chi connectivity index (χ1) is 14.5. The molecule has 0 aliphatic rings. The number of nitrogens with two attached hydrogens (primary N) is 1. The molecule has 0 bridgehead atoms. The summed E-state index contributed by atoms with van der Waals surface area (Å²) < 4.78 is 0. The maximum atomic E-state index is 12.7. The highest BCUT2D eigenvalue weighted by Gasteiger charge is 2.31. The number of imidazole rings is 1. The van der Waals surface area contributed by atoms with Gasteiger partial charge in [-0.1, -0.05) is 34.1 Å². The van der Waals surface area contributed by atoms with E-state index in [1.807, 2.05) is 13.8 Å². The average molecular weight is 439 g/mol. The number of hydrogen-bond donors (Lipinski definition) is 6. The summed E-state index contributed by atoms with van der Waals surface area (Å²) in [5, 5.41) is 17.0. The van der Waals surface area contributed by atoms with Gasteiger partial charge in [0.1, 0.15) is 18.1 Å². The van der Waals surface area contributed by atoms with E-state index in [1.165, 1.54) is 19.4 Å². The van der Waals surface area contributed by atoms with E-state index in [0.29, 0.717) is 12.1 Å². The van der Waals surface area contributed by atoms with E-state index >= 15 is 0 Å². The number of carbonyl (C=O) groups is 4. The Kier molecular flexibility index (Phi) is 10.1. The molecule has 0 aliphatic carbocycles. The number of aromatic amines is 1. The highest BCUT2D eigenvalue weighted by atomic mass is 16.4. The number of nitrogens with zero attached hydrogens (tertiary/aromatic N) is 1. The normalized spacial score (nSPS) is 16.0. The number of carboxylic acids is 1. The number of carboxylic acid groups (broad SMARTS) is 1. The SMILES string of the molecule is CCC(C)C(N)C(=O)NC(C)C(=O)NC(C(=O)NC(Cc1cnc[nH]1)C(=O)O)C(C)C. The number of carbonyl (C=O) groups excluding carboxylic acids is 3. The number of aromatic nitrogens is 2. The van der Waals surface area contributed by atoms with Crippen LogP contribution < -0.4 is 21.7 Å². The molecule has 0 radical (unpaired) electrons. The molecule has 11 nitrogen and oxygen atoms in total. The molecule has 1 rings (SSSR count). The molecule has 31 heavy (non-hydrogen) atoms. The van der Waals surface area contributed by atoms with Crippen LogP contribution in [0.15, 0.2) is 12.5 Å². The van der Waals surface area contributed by atoms with Crippen molar-refractivity contribution in [2.24, 2.45) is 17.6 Å². The summed E-state index contributed by atoms with van der Waals surface area (Å²) in [4.78, 5) is 55.7. The Hall–Kier alpha value is -2.95. The van der Waals surface area contributed by atoms with Crippen molar-refractivity contribution in [1.29, 1.82) is 0 Å². The van der Waals surface area contributed by atoms with Crippen molar-refractivity contribution < 1.29 is 24.3 Å². The van der Waals surface area contributed by atoms with Crippen molar-refractivity contribution in [3.8, 4) is 0 Å². The predicted molar refractivity (Wildman–Crippen MR) is 114 cm³/mol. The lowest BCUT2D eigenvalue weighted by Gasteiger charge is -2.26. The van der Waals surface area contributed by atoms with Gasteiger partial charge < -0.3 is 31.8 Å². The molecule has 0 spiro atoms. The zero-order valence-electron chi connectivity index (χ0n) is 18.6. The molecule has 0 saturated carbocycles. The molecule has 0 aromatic carbocycles. The summed E-state index contributed by atoms with van der Waals surface area (Å²) in [6.07, 6.45) is 3.61. The number of amides is 3. The predicted octanol–water partition coefficient (Wildman–Crippen LogP) is -0.459. The third-order valence-electron chi connectivity index (χ3n) is 5.15. The van der Waals surface area contributed by atoms with Gasteiger partial charge in [-0.2, -0.15) is 0 Å².